The van der Waals surface area contributed by atoms with Crippen LogP contribution in [-0.2, 0) is 18.4 Å². The Morgan fingerprint density at radius 1 is 1.03 bits per heavy atom. The summed E-state index contributed by atoms with van der Waals surface area (Å²) in [4.78, 5) is 4.83. The summed E-state index contributed by atoms with van der Waals surface area (Å²) in [6, 6.07) is 22.9. The third-order valence-electron chi connectivity index (χ3n) is 5.93. The first kappa shape index (κ1) is 22.5. The van der Waals surface area contributed by atoms with Gasteiger partial charge in [0.25, 0.3) is 0 Å². The van der Waals surface area contributed by atoms with Gasteiger partial charge in [0.2, 0.25) is 0 Å². The van der Waals surface area contributed by atoms with Crippen molar-refractivity contribution < 1.29 is 5.11 Å². The maximum atomic E-state index is 10.4. The van der Waals surface area contributed by atoms with Gasteiger partial charge in [-0.25, -0.2) is 0 Å². The van der Waals surface area contributed by atoms with Crippen molar-refractivity contribution in [3.8, 4) is 0 Å². The van der Waals surface area contributed by atoms with Gasteiger partial charge in [-0.3, -0.25) is 4.99 Å². The zero-order chi connectivity index (χ0) is 22.6. The van der Waals surface area contributed by atoms with Crippen LogP contribution in [0.2, 0.25) is 5.02 Å². The number of rotatable bonds is 7. The van der Waals surface area contributed by atoms with E-state index < -0.39 is 5.60 Å². The highest BCUT2D eigenvalue weighted by Gasteiger charge is 2.18. The summed E-state index contributed by atoms with van der Waals surface area (Å²) in [5, 5.41) is 13.3. The van der Waals surface area contributed by atoms with Crippen LogP contribution in [0.25, 0.3) is 12.2 Å². The first-order valence-corrected chi connectivity index (χ1v) is 11.7. The van der Waals surface area contributed by atoms with Crippen LogP contribution < -0.4 is 10.6 Å². The van der Waals surface area contributed by atoms with Gasteiger partial charge in [-0.15, -0.1) is 0 Å². The highest BCUT2D eigenvalue weighted by Crippen LogP contribution is 2.25. The van der Waals surface area contributed by atoms with E-state index in [0.29, 0.717) is 0 Å². The molecule has 0 aromatic heterocycles. The molecule has 32 heavy (non-hydrogen) atoms. The highest BCUT2D eigenvalue weighted by atomic mass is 35.5. The van der Waals surface area contributed by atoms with Gasteiger partial charge in [0.15, 0.2) is 0 Å². The smallest absolute Gasteiger partial charge is 0.0843 e. The van der Waals surface area contributed by atoms with Crippen molar-refractivity contribution in [2.75, 3.05) is 0 Å². The maximum Gasteiger partial charge on any atom is 0.0843 e. The average Bonchev–Trinajstić information content (AvgIpc) is 2.77. The molecule has 3 aromatic rings. The minimum atomic E-state index is -0.811. The Morgan fingerprint density at radius 2 is 1.88 bits per heavy atom. The lowest BCUT2D eigenvalue weighted by Gasteiger charge is -2.21. The first-order chi connectivity index (χ1) is 15.4. The van der Waals surface area contributed by atoms with Crippen LogP contribution in [-0.4, -0.2) is 11.1 Å². The van der Waals surface area contributed by atoms with Gasteiger partial charge in [0.1, 0.15) is 0 Å². The molecule has 1 unspecified atom stereocenters. The van der Waals surface area contributed by atoms with Crippen molar-refractivity contribution >= 4 is 23.8 Å². The molecule has 0 radical (unpaired) electrons. The molecule has 0 fully saturated rings. The Kier molecular flexibility index (Phi) is 6.93. The van der Waals surface area contributed by atoms with Crippen LogP contribution in [0.4, 0.5) is 0 Å². The zero-order valence-electron chi connectivity index (χ0n) is 18.8. The molecule has 0 spiro atoms. The topological polar surface area (TPSA) is 32.6 Å². The molecule has 3 heteroatoms. The number of hydrogen-bond donors (Lipinski definition) is 1. The first-order valence-electron chi connectivity index (χ1n) is 11.3. The molecule has 0 bridgehead atoms. The molecule has 1 atom stereocenters. The molecule has 164 valence electrons. The molecule has 0 saturated carbocycles. The number of nitrogens with zero attached hydrogens (tertiary/aromatic N) is 1. The fourth-order valence-electron chi connectivity index (χ4n) is 4.29. The molecule has 1 aliphatic heterocycles. The fraction of sp³-hybridized carbons (Fsp3) is 0.276. The summed E-state index contributed by atoms with van der Waals surface area (Å²) in [5.74, 6) is 0. The lowest BCUT2D eigenvalue weighted by atomic mass is 9.90. The number of fused-ring (bicyclic) bond motifs is 1. The van der Waals surface area contributed by atoms with E-state index in [9.17, 15) is 5.11 Å². The summed E-state index contributed by atoms with van der Waals surface area (Å²) in [6.07, 6.45) is 10.5. The standard InChI is InChI=1S/C29H30ClNO/c1-29(2,32)27-12-4-3-10-23(27)11-6-9-21-7-5-8-22(19-21)13-17-26-18-15-24-14-16-25(30)20-28(24)31-26/h3-5,7-8,10,12-17,19-20,26,32H,6,9,11,18H2,1-2H3/b17-13+. The lowest BCUT2D eigenvalue weighted by Crippen LogP contribution is -2.30. The van der Waals surface area contributed by atoms with Gasteiger partial charge < -0.3 is 5.11 Å². The fourth-order valence-corrected chi connectivity index (χ4v) is 4.46. The van der Waals surface area contributed by atoms with Crippen molar-refractivity contribution in [2.24, 2.45) is 4.99 Å². The van der Waals surface area contributed by atoms with Crippen LogP contribution in [0, 0.1) is 0 Å². The third-order valence-corrected chi connectivity index (χ3v) is 6.16. The van der Waals surface area contributed by atoms with E-state index >= 15 is 0 Å². The molecule has 1 heterocycles. The second-order valence-corrected chi connectivity index (χ2v) is 9.45. The molecule has 4 rings (SSSR count). The molecular weight excluding hydrogens is 414 g/mol. The van der Waals surface area contributed by atoms with E-state index in [0.717, 1.165) is 46.8 Å². The van der Waals surface area contributed by atoms with Crippen molar-refractivity contribution in [1.29, 1.82) is 0 Å². The summed E-state index contributed by atoms with van der Waals surface area (Å²) in [6.45, 7) is 3.70. The highest BCUT2D eigenvalue weighted by molar-refractivity contribution is 6.30. The quantitative estimate of drug-likeness (QED) is 0.504. The predicted molar refractivity (Wildman–Crippen MR) is 134 cm³/mol. The second-order valence-electron chi connectivity index (χ2n) is 9.01. The molecule has 2 nitrogen and oxygen atoms in total. The summed E-state index contributed by atoms with van der Waals surface area (Å²) >= 11 is 6.12. The van der Waals surface area contributed by atoms with E-state index in [1.807, 2.05) is 44.2 Å². The van der Waals surface area contributed by atoms with E-state index in [-0.39, 0.29) is 6.04 Å². The van der Waals surface area contributed by atoms with Gasteiger partial charge in [-0.2, -0.15) is 0 Å². The van der Waals surface area contributed by atoms with Crippen molar-refractivity contribution in [1.82, 2.24) is 0 Å². The molecule has 0 amide bonds. The van der Waals surface area contributed by atoms with E-state index in [2.05, 4.69) is 54.6 Å². The van der Waals surface area contributed by atoms with Crippen LogP contribution >= 0.6 is 11.6 Å². The molecular formula is C29H30ClNO. The number of hydrogen-bond acceptors (Lipinski definition) is 2. The van der Waals surface area contributed by atoms with E-state index in [1.165, 1.54) is 16.7 Å². The van der Waals surface area contributed by atoms with Crippen molar-refractivity contribution in [3.63, 3.8) is 0 Å². The monoisotopic (exact) mass is 443 g/mol. The largest absolute Gasteiger partial charge is 0.386 e. The minimum Gasteiger partial charge on any atom is -0.386 e. The predicted octanol–water partition coefficient (Wildman–Crippen LogP) is 5.63. The normalized spacial score (nSPS) is 15.8. The summed E-state index contributed by atoms with van der Waals surface area (Å²) in [5.41, 5.74) is 3.97. The van der Waals surface area contributed by atoms with Gasteiger partial charge >= 0.3 is 0 Å². The average molecular weight is 444 g/mol. The Morgan fingerprint density at radius 3 is 2.72 bits per heavy atom. The summed E-state index contributed by atoms with van der Waals surface area (Å²) < 4.78 is 0. The SMILES string of the molecule is CC(C)(O)c1ccccc1CCCc1cccc(/C=C/C2CC=c3ccc(Cl)cc3=N2)c1. The van der Waals surface area contributed by atoms with E-state index in [1.54, 1.807) is 0 Å². The van der Waals surface area contributed by atoms with Gasteiger partial charge in [-0.1, -0.05) is 84.4 Å². The third kappa shape index (κ3) is 5.76. The van der Waals surface area contributed by atoms with Crippen LogP contribution in [0.15, 0.2) is 77.8 Å². The molecule has 1 aliphatic rings. The Balaban J connectivity index is 1.39. The van der Waals surface area contributed by atoms with Crippen LogP contribution in [0.3, 0.4) is 0 Å². The Bertz CT molecular complexity index is 1240. The van der Waals surface area contributed by atoms with Gasteiger partial charge in [0, 0.05) is 5.02 Å². The zero-order valence-corrected chi connectivity index (χ0v) is 19.5. The van der Waals surface area contributed by atoms with Crippen LogP contribution in [0.1, 0.15) is 48.9 Å². The van der Waals surface area contributed by atoms with Gasteiger partial charge in [-0.05, 0) is 79.1 Å². The lowest BCUT2D eigenvalue weighted by molar-refractivity contribution is 0.0776. The Labute approximate surface area is 195 Å². The Hall–Kier alpha value is -2.68. The van der Waals surface area contributed by atoms with Crippen molar-refractivity contribution in [2.45, 2.75) is 51.2 Å². The minimum absolute atomic E-state index is 0.142. The molecule has 3 aromatic carbocycles. The number of halogens is 1. The van der Waals surface area contributed by atoms with Crippen molar-refractivity contribution in [3.05, 3.63) is 111 Å². The molecule has 1 N–H and O–H groups in total. The number of aryl methyl sites for hydroxylation is 2. The van der Waals surface area contributed by atoms with E-state index in [4.69, 9.17) is 16.6 Å². The summed E-state index contributed by atoms with van der Waals surface area (Å²) in [7, 11) is 0. The second kappa shape index (κ2) is 9.85. The number of benzene rings is 3. The molecule has 0 saturated heterocycles. The number of aliphatic hydroxyl groups is 1. The maximum absolute atomic E-state index is 10.4. The van der Waals surface area contributed by atoms with Gasteiger partial charge in [0.05, 0.1) is 17.0 Å². The molecule has 0 aliphatic carbocycles. The van der Waals surface area contributed by atoms with Crippen LogP contribution in [0.5, 0.6) is 0 Å².